The highest BCUT2D eigenvalue weighted by atomic mass is 32.2. The third-order valence-electron chi connectivity index (χ3n) is 3.45. The molecule has 0 spiro atoms. The van der Waals surface area contributed by atoms with Gasteiger partial charge in [-0.3, -0.25) is 4.99 Å². The molecule has 2 aromatic rings. The maximum absolute atomic E-state index is 12.2. The van der Waals surface area contributed by atoms with E-state index in [0.29, 0.717) is 30.4 Å². The van der Waals surface area contributed by atoms with Crippen LogP contribution in [0.3, 0.4) is 0 Å². The molecule has 130 valence electrons. The van der Waals surface area contributed by atoms with Gasteiger partial charge in [-0.25, -0.2) is 8.42 Å². The van der Waals surface area contributed by atoms with E-state index in [1.54, 1.807) is 43.6 Å². The molecule has 7 heteroatoms. The molecule has 2 N–H and O–H groups in total. The van der Waals surface area contributed by atoms with Crippen LogP contribution in [0.25, 0.3) is 0 Å². The Morgan fingerprint density at radius 2 is 1.83 bits per heavy atom. The quantitative estimate of drug-likeness (QED) is 0.432. The minimum absolute atomic E-state index is 0.105. The van der Waals surface area contributed by atoms with Crippen LogP contribution >= 0.6 is 0 Å². The Labute approximate surface area is 142 Å². The molecule has 0 fully saturated rings. The summed E-state index contributed by atoms with van der Waals surface area (Å²) in [4.78, 5) is 4.48. The van der Waals surface area contributed by atoms with Crippen molar-refractivity contribution in [2.45, 2.75) is 17.7 Å². The molecule has 1 aromatic carbocycles. The van der Waals surface area contributed by atoms with Gasteiger partial charge in [-0.05, 0) is 30.7 Å². The fourth-order valence-electron chi connectivity index (χ4n) is 2.19. The van der Waals surface area contributed by atoms with Crippen molar-refractivity contribution in [2.75, 3.05) is 25.9 Å². The molecule has 0 unspecified atom stereocenters. The van der Waals surface area contributed by atoms with Gasteiger partial charge < -0.3 is 15.1 Å². The molecule has 0 aliphatic carbocycles. The van der Waals surface area contributed by atoms with Crippen molar-refractivity contribution < 1.29 is 12.8 Å². The van der Waals surface area contributed by atoms with Crippen molar-refractivity contribution in [3.63, 3.8) is 0 Å². The van der Waals surface area contributed by atoms with Gasteiger partial charge in [0.15, 0.2) is 15.8 Å². The van der Waals surface area contributed by atoms with Crippen molar-refractivity contribution in [1.82, 2.24) is 10.6 Å². The van der Waals surface area contributed by atoms with Crippen LogP contribution in [-0.2, 0) is 16.3 Å². The van der Waals surface area contributed by atoms with Crippen LogP contribution in [0, 0.1) is 0 Å². The number of rotatable bonds is 8. The number of nitrogens with zero attached hydrogens (tertiary/aromatic N) is 1. The predicted octanol–water partition coefficient (Wildman–Crippen LogP) is 1.85. The van der Waals surface area contributed by atoms with Gasteiger partial charge in [-0.1, -0.05) is 18.2 Å². The number of benzene rings is 1. The van der Waals surface area contributed by atoms with E-state index < -0.39 is 9.84 Å². The zero-order chi connectivity index (χ0) is 17.3. The molecule has 0 atom stereocenters. The molecule has 0 saturated heterocycles. The smallest absolute Gasteiger partial charge is 0.190 e. The molecule has 0 aliphatic rings. The van der Waals surface area contributed by atoms with E-state index in [9.17, 15) is 8.42 Å². The molecule has 0 bridgehead atoms. The second kappa shape index (κ2) is 9.12. The van der Waals surface area contributed by atoms with Gasteiger partial charge in [0, 0.05) is 26.6 Å². The third-order valence-corrected chi connectivity index (χ3v) is 5.27. The number of aliphatic imine (C=N–C) groups is 1. The third kappa shape index (κ3) is 5.73. The normalized spacial score (nSPS) is 12.1. The van der Waals surface area contributed by atoms with Gasteiger partial charge in [0.25, 0.3) is 0 Å². The summed E-state index contributed by atoms with van der Waals surface area (Å²) in [5.74, 6) is 1.67. The number of guanidine groups is 1. The molecule has 24 heavy (non-hydrogen) atoms. The molecule has 1 heterocycles. The Morgan fingerprint density at radius 3 is 2.50 bits per heavy atom. The van der Waals surface area contributed by atoms with Crippen LogP contribution in [0.2, 0.25) is 0 Å². The topological polar surface area (TPSA) is 83.7 Å². The largest absolute Gasteiger partial charge is 0.469 e. The Kier molecular flexibility index (Phi) is 6.87. The molecule has 0 amide bonds. The Morgan fingerprint density at radius 1 is 1.08 bits per heavy atom. The van der Waals surface area contributed by atoms with Gasteiger partial charge in [-0.15, -0.1) is 0 Å². The van der Waals surface area contributed by atoms with Gasteiger partial charge >= 0.3 is 0 Å². The highest BCUT2D eigenvalue weighted by molar-refractivity contribution is 7.91. The lowest BCUT2D eigenvalue weighted by Crippen LogP contribution is -2.39. The van der Waals surface area contributed by atoms with Crippen molar-refractivity contribution in [3.8, 4) is 0 Å². The molecular weight excluding hydrogens is 326 g/mol. The Balaban J connectivity index is 1.68. The lowest BCUT2D eigenvalue weighted by molar-refractivity contribution is 0.506. The highest BCUT2D eigenvalue weighted by Crippen LogP contribution is 2.10. The number of hydrogen-bond donors (Lipinski definition) is 2. The first kappa shape index (κ1) is 18.1. The van der Waals surface area contributed by atoms with Crippen LogP contribution in [0.4, 0.5) is 0 Å². The van der Waals surface area contributed by atoms with E-state index in [2.05, 4.69) is 15.6 Å². The summed E-state index contributed by atoms with van der Waals surface area (Å²) in [7, 11) is -1.54. The van der Waals surface area contributed by atoms with Crippen molar-refractivity contribution >= 4 is 15.8 Å². The first-order valence-electron chi connectivity index (χ1n) is 7.86. The standard InChI is InChI=1S/C17H23N3O3S/c1-18-17(20-12-10-15-7-5-13-23-15)19-11-6-14-24(21,22)16-8-3-2-4-9-16/h2-5,7-9,13H,6,10-12,14H2,1H3,(H2,18,19,20). The second-order valence-electron chi connectivity index (χ2n) is 5.24. The summed E-state index contributed by atoms with van der Waals surface area (Å²) in [5, 5.41) is 6.28. The van der Waals surface area contributed by atoms with Crippen LogP contribution in [0.5, 0.6) is 0 Å². The minimum Gasteiger partial charge on any atom is -0.469 e. The van der Waals surface area contributed by atoms with E-state index in [1.165, 1.54) is 0 Å². The number of nitrogens with one attached hydrogen (secondary N) is 2. The van der Waals surface area contributed by atoms with Gasteiger partial charge in [0.2, 0.25) is 0 Å². The SMILES string of the molecule is CN=C(NCCCS(=O)(=O)c1ccccc1)NCCc1ccco1. The molecular formula is C17H23N3O3S. The molecule has 0 aliphatic heterocycles. The monoisotopic (exact) mass is 349 g/mol. The lowest BCUT2D eigenvalue weighted by Gasteiger charge is -2.11. The summed E-state index contributed by atoms with van der Waals surface area (Å²) in [6.45, 7) is 1.22. The van der Waals surface area contributed by atoms with E-state index in [1.807, 2.05) is 12.1 Å². The fraction of sp³-hybridized carbons (Fsp3) is 0.353. The summed E-state index contributed by atoms with van der Waals surface area (Å²) in [5.41, 5.74) is 0. The number of hydrogen-bond acceptors (Lipinski definition) is 4. The number of sulfone groups is 1. The van der Waals surface area contributed by atoms with E-state index in [0.717, 1.165) is 12.2 Å². The zero-order valence-electron chi connectivity index (χ0n) is 13.7. The van der Waals surface area contributed by atoms with Crippen LogP contribution in [0.15, 0.2) is 63.0 Å². The lowest BCUT2D eigenvalue weighted by atomic mass is 10.3. The van der Waals surface area contributed by atoms with Crippen molar-refractivity contribution in [3.05, 3.63) is 54.5 Å². The molecule has 1 aromatic heterocycles. The maximum Gasteiger partial charge on any atom is 0.190 e. The minimum atomic E-state index is -3.22. The summed E-state index contributed by atoms with van der Waals surface area (Å²) < 4.78 is 29.6. The molecule has 6 nitrogen and oxygen atoms in total. The maximum atomic E-state index is 12.2. The van der Waals surface area contributed by atoms with Crippen molar-refractivity contribution in [1.29, 1.82) is 0 Å². The summed E-state index contributed by atoms with van der Waals surface area (Å²) >= 11 is 0. The van der Waals surface area contributed by atoms with E-state index in [4.69, 9.17) is 4.42 Å². The highest BCUT2D eigenvalue weighted by Gasteiger charge is 2.13. The zero-order valence-corrected chi connectivity index (χ0v) is 14.6. The van der Waals surface area contributed by atoms with Crippen LogP contribution in [-0.4, -0.2) is 40.3 Å². The first-order valence-corrected chi connectivity index (χ1v) is 9.52. The van der Waals surface area contributed by atoms with Crippen LogP contribution in [0.1, 0.15) is 12.2 Å². The summed E-state index contributed by atoms with van der Waals surface area (Å²) in [6.07, 6.45) is 2.92. The fourth-order valence-corrected chi connectivity index (χ4v) is 3.53. The number of furan rings is 1. The molecule has 0 radical (unpaired) electrons. The predicted molar refractivity (Wildman–Crippen MR) is 94.9 cm³/mol. The van der Waals surface area contributed by atoms with E-state index >= 15 is 0 Å². The van der Waals surface area contributed by atoms with E-state index in [-0.39, 0.29) is 5.75 Å². The molecule has 2 rings (SSSR count). The van der Waals surface area contributed by atoms with Crippen LogP contribution < -0.4 is 10.6 Å². The first-order chi connectivity index (χ1) is 11.6. The van der Waals surface area contributed by atoms with Crippen molar-refractivity contribution in [2.24, 2.45) is 4.99 Å². The Bertz CT molecular complexity index is 726. The van der Waals surface area contributed by atoms with Gasteiger partial charge in [0.1, 0.15) is 5.76 Å². The average Bonchev–Trinajstić information content (AvgIpc) is 3.11. The Hall–Kier alpha value is -2.28. The molecule has 0 saturated carbocycles. The van der Waals surface area contributed by atoms with Gasteiger partial charge in [0.05, 0.1) is 16.9 Å². The van der Waals surface area contributed by atoms with Gasteiger partial charge in [-0.2, -0.15) is 0 Å². The average molecular weight is 349 g/mol. The second-order valence-corrected chi connectivity index (χ2v) is 7.35. The summed E-state index contributed by atoms with van der Waals surface area (Å²) in [6, 6.07) is 12.3.